The molecule has 30 heavy (non-hydrogen) atoms. The minimum atomic E-state index is -0.0916. The minimum absolute atomic E-state index is 0.0916. The van der Waals surface area contributed by atoms with Gasteiger partial charge in [0.2, 0.25) is 0 Å². The third kappa shape index (κ3) is 5.25. The molecule has 0 aromatic heterocycles. The topological polar surface area (TPSA) is 47.9 Å². The lowest BCUT2D eigenvalue weighted by atomic mass is 10.1. The first-order valence-corrected chi connectivity index (χ1v) is 10.5. The lowest BCUT2D eigenvalue weighted by molar-refractivity contribution is -0.122. The van der Waals surface area contributed by atoms with Crippen LogP contribution in [-0.2, 0) is 11.3 Å². The van der Waals surface area contributed by atoms with Gasteiger partial charge >= 0.3 is 0 Å². The maximum Gasteiger partial charge on any atom is 0.254 e. The van der Waals surface area contributed by atoms with Gasteiger partial charge in [-0.2, -0.15) is 5.10 Å². The van der Waals surface area contributed by atoms with E-state index in [1.807, 2.05) is 42.5 Å². The van der Waals surface area contributed by atoms with Crippen molar-refractivity contribution in [3.8, 4) is 0 Å². The highest BCUT2D eigenvalue weighted by atomic mass is 35.5. The number of amides is 1. The number of hydrogen-bond donors (Lipinski definition) is 1. The van der Waals surface area contributed by atoms with Crippen LogP contribution in [-0.4, -0.2) is 54.6 Å². The van der Waals surface area contributed by atoms with Crippen molar-refractivity contribution < 1.29 is 4.79 Å². The Kier molecular flexibility index (Phi) is 6.74. The van der Waals surface area contributed by atoms with E-state index < -0.39 is 0 Å². The second-order valence-corrected chi connectivity index (χ2v) is 7.91. The van der Waals surface area contributed by atoms with Crippen molar-refractivity contribution in [1.82, 2.24) is 15.2 Å². The predicted molar refractivity (Wildman–Crippen MR) is 123 cm³/mol. The van der Waals surface area contributed by atoms with Gasteiger partial charge in [-0.25, -0.2) is 5.43 Å². The first kappa shape index (κ1) is 20.5. The molecule has 0 spiro atoms. The molecule has 1 saturated heterocycles. The normalized spacial score (nSPS) is 15.6. The summed E-state index contributed by atoms with van der Waals surface area (Å²) in [5.74, 6) is -0.0916. The predicted octanol–water partition coefficient (Wildman–Crippen LogP) is 3.76. The average molecular weight is 421 g/mol. The van der Waals surface area contributed by atoms with Gasteiger partial charge < -0.3 is 0 Å². The van der Waals surface area contributed by atoms with E-state index in [1.54, 1.807) is 6.21 Å². The fourth-order valence-corrected chi connectivity index (χ4v) is 3.94. The second-order valence-electron chi connectivity index (χ2n) is 7.51. The maximum absolute atomic E-state index is 12.3. The molecule has 4 rings (SSSR count). The van der Waals surface area contributed by atoms with Gasteiger partial charge in [0.25, 0.3) is 5.91 Å². The van der Waals surface area contributed by atoms with E-state index in [9.17, 15) is 4.79 Å². The van der Waals surface area contributed by atoms with Gasteiger partial charge in [-0.15, -0.1) is 0 Å². The molecule has 0 aliphatic carbocycles. The fourth-order valence-electron chi connectivity index (χ4n) is 3.75. The van der Waals surface area contributed by atoms with E-state index in [0.717, 1.165) is 59.6 Å². The molecule has 0 saturated carbocycles. The molecule has 1 aliphatic rings. The van der Waals surface area contributed by atoms with Crippen LogP contribution in [0.5, 0.6) is 0 Å². The number of carbonyl (C=O) groups excluding carboxylic acids is 1. The number of halogens is 1. The number of rotatable bonds is 6. The quantitative estimate of drug-likeness (QED) is 0.488. The number of hydrogen-bond acceptors (Lipinski definition) is 4. The molecule has 0 bridgehead atoms. The number of nitrogens with one attached hydrogen (secondary N) is 1. The van der Waals surface area contributed by atoms with Crippen LogP contribution >= 0.6 is 11.6 Å². The van der Waals surface area contributed by atoms with Gasteiger partial charge in [-0.1, -0.05) is 72.3 Å². The maximum atomic E-state index is 12.3. The number of hydrazone groups is 1. The highest BCUT2D eigenvalue weighted by Crippen LogP contribution is 2.18. The molecular weight excluding hydrogens is 396 g/mol. The molecule has 5 nitrogen and oxygen atoms in total. The van der Waals surface area contributed by atoms with E-state index >= 15 is 0 Å². The Balaban J connectivity index is 1.24. The van der Waals surface area contributed by atoms with E-state index in [1.165, 1.54) is 0 Å². The van der Waals surface area contributed by atoms with Crippen LogP contribution in [0.25, 0.3) is 10.8 Å². The Morgan fingerprint density at radius 3 is 2.47 bits per heavy atom. The van der Waals surface area contributed by atoms with Gasteiger partial charge in [0.05, 0.1) is 12.8 Å². The lowest BCUT2D eigenvalue weighted by Crippen LogP contribution is -2.48. The summed E-state index contributed by atoms with van der Waals surface area (Å²) in [5, 5.41) is 7.24. The molecule has 6 heteroatoms. The van der Waals surface area contributed by atoms with Gasteiger partial charge in [-0.3, -0.25) is 14.6 Å². The van der Waals surface area contributed by atoms with Gasteiger partial charge in [0.15, 0.2) is 0 Å². The van der Waals surface area contributed by atoms with Crippen molar-refractivity contribution in [2.24, 2.45) is 5.10 Å². The number of carbonyl (C=O) groups is 1. The Hall–Kier alpha value is -2.73. The molecule has 1 N–H and O–H groups in total. The Morgan fingerprint density at radius 1 is 0.933 bits per heavy atom. The van der Waals surface area contributed by atoms with Gasteiger partial charge in [0.1, 0.15) is 0 Å². The first-order valence-electron chi connectivity index (χ1n) is 10.2. The van der Waals surface area contributed by atoms with E-state index in [2.05, 4.69) is 44.6 Å². The van der Waals surface area contributed by atoms with Crippen molar-refractivity contribution >= 4 is 34.5 Å². The second kappa shape index (κ2) is 9.85. The molecule has 0 radical (unpaired) electrons. The average Bonchev–Trinajstić information content (AvgIpc) is 2.77. The number of piperazine rings is 1. The zero-order valence-electron chi connectivity index (χ0n) is 16.8. The van der Waals surface area contributed by atoms with E-state index in [4.69, 9.17) is 11.6 Å². The minimum Gasteiger partial charge on any atom is -0.296 e. The molecule has 1 fully saturated rings. The molecule has 1 amide bonds. The molecule has 0 unspecified atom stereocenters. The van der Waals surface area contributed by atoms with Crippen LogP contribution in [0.1, 0.15) is 11.1 Å². The third-order valence-corrected chi connectivity index (χ3v) is 5.77. The largest absolute Gasteiger partial charge is 0.296 e. The molecular formula is C24H25ClN4O. The fraction of sp³-hybridized carbons (Fsp3) is 0.250. The van der Waals surface area contributed by atoms with Crippen LogP contribution in [0.4, 0.5) is 0 Å². The Bertz CT molecular complexity index is 1040. The van der Waals surface area contributed by atoms with Crippen molar-refractivity contribution in [2.45, 2.75) is 6.54 Å². The Labute approximate surface area is 181 Å². The molecule has 1 heterocycles. The molecule has 1 aliphatic heterocycles. The number of nitrogens with zero attached hydrogens (tertiary/aromatic N) is 3. The highest BCUT2D eigenvalue weighted by Gasteiger charge is 2.19. The molecule has 3 aromatic rings. The molecule has 0 atom stereocenters. The summed E-state index contributed by atoms with van der Waals surface area (Å²) in [6.45, 7) is 4.73. The molecule has 3 aromatic carbocycles. The summed E-state index contributed by atoms with van der Waals surface area (Å²) in [7, 11) is 0. The van der Waals surface area contributed by atoms with Gasteiger partial charge in [0, 0.05) is 43.3 Å². The summed E-state index contributed by atoms with van der Waals surface area (Å²) < 4.78 is 0. The van der Waals surface area contributed by atoms with Crippen molar-refractivity contribution in [3.63, 3.8) is 0 Å². The highest BCUT2D eigenvalue weighted by molar-refractivity contribution is 6.31. The van der Waals surface area contributed by atoms with Gasteiger partial charge in [-0.05, 0) is 22.4 Å². The summed E-state index contributed by atoms with van der Waals surface area (Å²) in [5.41, 5.74) is 4.79. The van der Waals surface area contributed by atoms with Crippen LogP contribution in [0.15, 0.2) is 71.8 Å². The Morgan fingerprint density at radius 2 is 1.63 bits per heavy atom. The van der Waals surface area contributed by atoms with Crippen LogP contribution in [0, 0.1) is 0 Å². The van der Waals surface area contributed by atoms with Crippen molar-refractivity contribution in [1.29, 1.82) is 0 Å². The van der Waals surface area contributed by atoms with Crippen molar-refractivity contribution in [2.75, 3.05) is 32.7 Å². The summed E-state index contributed by atoms with van der Waals surface area (Å²) in [6.07, 6.45) is 1.71. The van der Waals surface area contributed by atoms with Crippen molar-refractivity contribution in [3.05, 3.63) is 82.9 Å². The lowest BCUT2D eigenvalue weighted by Gasteiger charge is -2.34. The third-order valence-electron chi connectivity index (χ3n) is 5.40. The zero-order chi connectivity index (χ0) is 20.8. The van der Waals surface area contributed by atoms with Crippen LogP contribution in [0.2, 0.25) is 5.02 Å². The standard InChI is InChI=1S/C24H25ClN4O/c25-23-11-4-2-7-21(23)17-28-12-14-29(15-13-28)18-24(30)27-26-16-20-9-5-8-19-6-1-3-10-22(19)20/h1-11,16H,12-15,17-18H2,(H,27,30)/b26-16+. The van der Waals surface area contributed by atoms with Crippen LogP contribution < -0.4 is 5.43 Å². The first-order chi connectivity index (χ1) is 14.7. The summed E-state index contributed by atoms with van der Waals surface area (Å²) in [6, 6.07) is 22.2. The smallest absolute Gasteiger partial charge is 0.254 e. The number of fused-ring (bicyclic) bond motifs is 1. The SMILES string of the molecule is O=C(CN1CCN(Cc2ccccc2Cl)CC1)N/N=C/c1cccc2ccccc12. The zero-order valence-corrected chi connectivity index (χ0v) is 17.6. The monoisotopic (exact) mass is 420 g/mol. The van der Waals surface area contributed by atoms with Crippen LogP contribution in [0.3, 0.4) is 0 Å². The van der Waals surface area contributed by atoms with E-state index in [0.29, 0.717) is 6.54 Å². The van der Waals surface area contributed by atoms with E-state index in [-0.39, 0.29) is 5.91 Å². The molecule has 154 valence electrons. The summed E-state index contributed by atoms with van der Waals surface area (Å²) in [4.78, 5) is 16.8. The summed E-state index contributed by atoms with van der Waals surface area (Å²) >= 11 is 6.26. The number of benzene rings is 3.